The van der Waals surface area contributed by atoms with E-state index in [0.717, 1.165) is 55.4 Å². The summed E-state index contributed by atoms with van der Waals surface area (Å²) in [5.41, 5.74) is 9.00. The topological polar surface area (TPSA) is 38.9 Å². The van der Waals surface area contributed by atoms with Crippen LogP contribution in [0.1, 0.15) is 5.56 Å². The molecule has 0 saturated carbocycles. The second-order valence-electron chi connectivity index (χ2n) is 11.3. The van der Waals surface area contributed by atoms with Crippen molar-refractivity contribution in [2.45, 2.75) is 6.92 Å². The Morgan fingerprint density at radius 2 is 1.32 bits per heavy atom. The van der Waals surface area contributed by atoms with Crippen molar-refractivity contribution in [3.05, 3.63) is 170 Å². The number of hydrogen-bond acceptors (Lipinski definition) is 3. The van der Waals surface area contributed by atoms with E-state index in [0.29, 0.717) is 0 Å². The summed E-state index contributed by atoms with van der Waals surface area (Å²) in [7, 11) is 0. The van der Waals surface area contributed by atoms with Crippen LogP contribution in [-0.2, 0) is 20.1 Å². The standard InChI is InChI=1S/C32H20NO.C11H8N.Ir/c1-20-19-33-30(18-29(20)24-14-13-21-7-2-3-9-23(21)17-24)28-12-6-11-26-27-16-15-22-8-4-5-10-25(22)31(27)34-32(26)28;1-2-6-10(7-3-1)11-8-4-5-9-12-11;/h2-11,13-19H,1H3;1-6,8-9H;/q2*-1;. The fourth-order valence-electron chi connectivity index (χ4n) is 6.06. The van der Waals surface area contributed by atoms with Crippen LogP contribution in [0, 0.1) is 19.1 Å². The Hall–Kier alpha value is -5.41. The molecular formula is C43H28IrN2O-2. The molecule has 0 unspecified atom stereocenters. The predicted octanol–water partition coefficient (Wildman–Crippen LogP) is 11.3. The molecule has 3 nitrogen and oxygen atoms in total. The van der Waals surface area contributed by atoms with Crippen molar-refractivity contribution in [1.29, 1.82) is 0 Å². The minimum atomic E-state index is 0. The summed E-state index contributed by atoms with van der Waals surface area (Å²) in [6.07, 6.45) is 3.74. The first kappa shape index (κ1) is 30.3. The van der Waals surface area contributed by atoms with Gasteiger partial charge in [0.15, 0.2) is 0 Å². The zero-order valence-corrected chi connectivity index (χ0v) is 28.0. The second kappa shape index (κ2) is 13.1. The largest absolute Gasteiger partial charge is 0.500 e. The zero-order chi connectivity index (χ0) is 30.9. The quantitative estimate of drug-likeness (QED) is 0.168. The monoisotopic (exact) mass is 781 g/mol. The first-order valence-corrected chi connectivity index (χ1v) is 15.3. The Kier molecular flexibility index (Phi) is 8.46. The molecule has 0 spiro atoms. The third-order valence-electron chi connectivity index (χ3n) is 8.39. The van der Waals surface area contributed by atoms with Crippen molar-refractivity contribution >= 4 is 43.5 Å². The number of aromatic nitrogens is 2. The molecule has 0 atom stereocenters. The molecule has 6 aromatic carbocycles. The van der Waals surface area contributed by atoms with E-state index in [2.05, 4.69) is 115 Å². The van der Waals surface area contributed by atoms with Gasteiger partial charge in [-0.3, -0.25) is 0 Å². The Morgan fingerprint density at radius 3 is 2.15 bits per heavy atom. The molecule has 0 amide bonds. The molecule has 0 fully saturated rings. The third kappa shape index (κ3) is 5.86. The maximum Gasteiger partial charge on any atom is 0.128 e. The van der Waals surface area contributed by atoms with Crippen LogP contribution in [0.5, 0.6) is 0 Å². The van der Waals surface area contributed by atoms with E-state index in [4.69, 9.17) is 9.40 Å². The average Bonchev–Trinajstić information content (AvgIpc) is 3.52. The summed E-state index contributed by atoms with van der Waals surface area (Å²) in [5.74, 6) is 0. The summed E-state index contributed by atoms with van der Waals surface area (Å²) in [5, 5.41) is 6.97. The SMILES string of the molecule is Cc1cnc(-c2[c-]ccc3c2oc2c4ccccc4ccc32)cc1-c1ccc2ccccc2c1.[Ir].[c-]1ccccc1-c1ccccn1. The maximum atomic E-state index is 6.51. The van der Waals surface area contributed by atoms with Crippen LogP contribution >= 0.6 is 0 Å². The summed E-state index contributed by atoms with van der Waals surface area (Å²) >= 11 is 0. The van der Waals surface area contributed by atoms with Gasteiger partial charge in [-0.25, -0.2) is 0 Å². The predicted molar refractivity (Wildman–Crippen MR) is 189 cm³/mol. The van der Waals surface area contributed by atoms with Crippen LogP contribution in [0.3, 0.4) is 0 Å². The van der Waals surface area contributed by atoms with Crippen molar-refractivity contribution in [2.24, 2.45) is 0 Å². The van der Waals surface area contributed by atoms with Gasteiger partial charge in [-0.15, -0.1) is 54.1 Å². The Bertz CT molecular complexity index is 2450. The van der Waals surface area contributed by atoms with E-state index in [1.807, 2.05) is 54.7 Å². The molecule has 9 aromatic rings. The van der Waals surface area contributed by atoms with Gasteiger partial charge in [0.25, 0.3) is 0 Å². The molecular weight excluding hydrogens is 753 g/mol. The third-order valence-corrected chi connectivity index (χ3v) is 8.39. The first-order chi connectivity index (χ1) is 22.7. The van der Waals surface area contributed by atoms with E-state index in [1.54, 1.807) is 6.20 Å². The molecule has 9 rings (SSSR count). The normalized spacial score (nSPS) is 10.9. The molecule has 0 N–H and O–H groups in total. The Balaban J connectivity index is 0.000000228. The number of aryl methyl sites for hydroxylation is 1. The number of nitrogens with zero attached hydrogens (tertiary/aromatic N) is 2. The van der Waals surface area contributed by atoms with Crippen molar-refractivity contribution in [2.75, 3.05) is 0 Å². The fourth-order valence-corrected chi connectivity index (χ4v) is 6.06. The van der Waals surface area contributed by atoms with E-state index in [-0.39, 0.29) is 20.1 Å². The van der Waals surface area contributed by atoms with Crippen LogP contribution in [0.15, 0.2) is 156 Å². The first-order valence-electron chi connectivity index (χ1n) is 15.3. The van der Waals surface area contributed by atoms with Gasteiger partial charge in [0, 0.05) is 43.3 Å². The molecule has 0 aliphatic carbocycles. The van der Waals surface area contributed by atoms with Crippen LogP contribution in [0.2, 0.25) is 0 Å². The smallest absolute Gasteiger partial charge is 0.128 e. The molecule has 3 aromatic heterocycles. The molecule has 1 radical (unpaired) electrons. The number of rotatable bonds is 3. The molecule has 0 aliphatic rings. The molecule has 47 heavy (non-hydrogen) atoms. The van der Waals surface area contributed by atoms with Gasteiger partial charge < -0.3 is 14.4 Å². The molecule has 0 saturated heterocycles. The number of furan rings is 1. The van der Waals surface area contributed by atoms with E-state index in [1.165, 1.54) is 27.3 Å². The fraction of sp³-hybridized carbons (Fsp3) is 0.0233. The van der Waals surface area contributed by atoms with Crippen LogP contribution in [0.25, 0.3) is 77.1 Å². The van der Waals surface area contributed by atoms with E-state index in [9.17, 15) is 0 Å². The second-order valence-corrected chi connectivity index (χ2v) is 11.3. The van der Waals surface area contributed by atoms with Gasteiger partial charge in [-0.2, -0.15) is 0 Å². The minimum absolute atomic E-state index is 0. The van der Waals surface area contributed by atoms with Gasteiger partial charge in [0.2, 0.25) is 0 Å². The van der Waals surface area contributed by atoms with Gasteiger partial charge in [-0.1, -0.05) is 102 Å². The summed E-state index contributed by atoms with van der Waals surface area (Å²) < 4.78 is 6.51. The average molecular weight is 781 g/mol. The molecule has 0 bridgehead atoms. The Morgan fingerprint density at radius 1 is 0.553 bits per heavy atom. The molecule has 227 valence electrons. The van der Waals surface area contributed by atoms with Crippen LogP contribution < -0.4 is 0 Å². The van der Waals surface area contributed by atoms with Crippen LogP contribution in [-0.4, -0.2) is 9.97 Å². The molecule has 0 aliphatic heterocycles. The van der Waals surface area contributed by atoms with E-state index < -0.39 is 0 Å². The minimum Gasteiger partial charge on any atom is -0.500 e. The molecule has 4 heteroatoms. The summed E-state index contributed by atoms with van der Waals surface area (Å²) in [4.78, 5) is 9.01. The zero-order valence-electron chi connectivity index (χ0n) is 25.6. The van der Waals surface area contributed by atoms with Crippen molar-refractivity contribution in [1.82, 2.24) is 9.97 Å². The van der Waals surface area contributed by atoms with Gasteiger partial charge in [-0.05, 0) is 63.3 Å². The van der Waals surface area contributed by atoms with Crippen LogP contribution in [0.4, 0.5) is 0 Å². The maximum absolute atomic E-state index is 6.51. The molecule has 3 heterocycles. The number of fused-ring (bicyclic) bond motifs is 6. The van der Waals surface area contributed by atoms with E-state index >= 15 is 0 Å². The Labute approximate surface area is 286 Å². The van der Waals surface area contributed by atoms with Crippen molar-refractivity contribution < 1.29 is 24.5 Å². The van der Waals surface area contributed by atoms with Gasteiger partial charge in [0.1, 0.15) is 5.58 Å². The van der Waals surface area contributed by atoms with Crippen molar-refractivity contribution in [3.63, 3.8) is 0 Å². The van der Waals surface area contributed by atoms with Gasteiger partial charge >= 0.3 is 0 Å². The number of benzene rings is 6. The number of pyridine rings is 2. The van der Waals surface area contributed by atoms with Crippen molar-refractivity contribution in [3.8, 4) is 33.6 Å². The van der Waals surface area contributed by atoms with Gasteiger partial charge in [0.05, 0.1) is 5.58 Å². The summed E-state index contributed by atoms with van der Waals surface area (Å²) in [6, 6.07) is 54.2. The number of hydrogen-bond donors (Lipinski definition) is 0. The summed E-state index contributed by atoms with van der Waals surface area (Å²) in [6.45, 7) is 2.11.